The molecular formula is C13H26Cl6NO7P. The molecular weight excluding hydrogens is 526 g/mol. The summed E-state index contributed by atoms with van der Waals surface area (Å²) in [6, 6.07) is 0. The van der Waals surface area contributed by atoms with Crippen molar-refractivity contribution in [1.82, 2.24) is 0 Å². The van der Waals surface area contributed by atoms with Crippen LogP contribution in [0.2, 0.25) is 0 Å². The zero-order valence-electron chi connectivity index (χ0n) is 14.9. The molecule has 0 amide bonds. The molecule has 0 heterocycles. The van der Waals surface area contributed by atoms with Gasteiger partial charge >= 0.3 is 7.82 Å². The van der Waals surface area contributed by atoms with Crippen molar-refractivity contribution in [3.05, 3.63) is 0 Å². The predicted molar refractivity (Wildman–Crippen MR) is 115 cm³/mol. The second kappa shape index (κ2) is 18.3. The SMILES string of the molecule is NC(CO)(CO)CO.O=P(OCC(Cl)CCl)(OCC(Cl)CCl)OCC(Cl)CCl. The van der Waals surface area contributed by atoms with Crippen molar-refractivity contribution in [2.45, 2.75) is 21.7 Å². The van der Waals surface area contributed by atoms with E-state index in [1.807, 2.05) is 0 Å². The van der Waals surface area contributed by atoms with Crippen molar-refractivity contribution >= 4 is 77.4 Å². The summed E-state index contributed by atoms with van der Waals surface area (Å²) >= 11 is 33.9. The lowest BCUT2D eigenvalue weighted by molar-refractivity contribution is 0.0697. The highest BCUT2D eigenvalue weighted by molar-refractivity contribution is 7.48. The minimum atomic E-state index is -3.85. The smallest absolute Gasteiger partial charge is 0.394 e. The van der Waals surface area contributed by atoms with E-state index in [0.717, 1.165) is 0 Å². The zero-order chi connectivity index (χ0) is 22.2. The maximum Gasteiger partial charge on any atom is 0.474 e. The van der Waals surface area contributed by atoms with Crippen molar-refractivity contribution in [3.63, 3.8) is 0 Å². The Morgan fingerprint density at radius 3 is 1.14 bits per heavy atom. The van der Waals surface area contributed by atoms with Crippen LogP contribution in [0.5, 0.6) is 0 Å². The fourth-order valence-electron chi connectivity index (χ4n) is 0.912. The normalized spacial score (nSPS) is 17.2. The second-order valence-corrected chi connectivity index (χ2v) is 9.87. The third-order valence-electron chi connectivity index (χ3n) is 2.69. The molecule has 0 aromatic rings. The molecule has 28 heavy (non-hydrogen) atoms. The van der Waals surface area contributed by atoms with Gasteiger partial charge < -0.3 is 21.1 Å². The average Bonchev–Trinajstić information content (AvgIpc) is 2.73. The van der Waals surface area contributed by atoms with Crippen LogP contribution in [0.25, 0.3) is 0 Å². The Morgan fingerprint density at radius 1 is 0.750 bits per heavy atom. The van der Waals surface area contributed by atoms with Crippen LogP contribution in [0.15, 0.2) is 0 Å². The number of alkyl halides is 6. The van der Waals surface area contributed by atoms with Crippen molar-refractivity contribution in [1.29, 1.82) is 0 Å². The quantitative estimate of drug-likeness (QED) is 0.180. The van der Waals surface area contributed by atoms with Gasteiger partial charge in [-0.3, -0.25) is 13.6 Å². The number of nitrogens with two attached hydrogens (primary N) is 1. The molecule has 172 valence electrons. The van der Waals surface area contributed by atoms with Crippen LogP contribution < -0.4 is 5.73 Å². The Kier molecular flexibility index (Phi) is 20.8. The lowest BCUT2D eigenvalue weighted by atomic mass is 10.1. The molecule has 8 nitrogen and oxygen atoms in total. The molecule has 0 saturated carbocycles. The molecule has 0 aromatic carbocycles. The number of aliphatic hydroxyl groups excluding tert-OH is 3. The highest BCUT2D eigenvalue weighted by Crippen LogP contribution is 2.50. The van der Waals surface area contributed by atoms with Gasteiger partial charge in [-0.1, -0.05) is 0 Å². The summed E-state index contributed by atoms with van der Waals surface area (Å²) in [4.78, 5) is 0. The topological polar surface area (TPSA) is 131 Å². The van der Waals surface area contributed by atoms with E-state index < -0.39 is 49.3 Å². The number of hydrogen-bond donors (Lipinski definition) is 4. The summed E-state index contributed by atoms with van der Waals surface area (Å²) < 4.78 is 27.5. The molecule has 0 fully saturated rings. The maximum atomic E-state index is 12.3. The second-order valence-electron chi connectivity index (χ2n) is 5.43. The number of phosphoric ester groups is 1. The number of rotatable bonds is 15. The molecule has 5 N–H and O–H groups in total. The van der Waals surface area contributed by atoms with Crippen LogP contribution in [0.3, 0.4) is 0 Å². The van der Waals surface area contributed by atoms with Gasteiger partial charge in [-0.05, 0) is 0 Å². The van der Waals surface area contributed by atoms with Gasteiger partial charge in [0, 0.05) is 17.6 Å². The predicted octanol–water partition coefficient (Wildman–Crippen LogP) is 2.34. The first-order valence-corrected chi connectivity index (χ1v) is 12.2. The molecule has 0 aromatic heterocycles. The van der Waals surface area contributed by atoms with Gasteiger partial charge in [0.2, 0.25) is 0 Å². The minimum absolute atomic E-state index is 0.107. The fraction of sp³-hybridized carbons (Fsp3) is 1.00. The van der Waals surface area contributed by atoms with E-state index in [1.54, 1.807) is 0 Å². The van der Waals surface area contributed by atoms with Gasteiger partial charge in [0.15, 0.2) is 0 Å². The van der Waals surface area contributed by atoms with Crippen molar-refractivity contribution in [3.8, 4) is 0 Å². The lowest BCUT2D eigenvalue weighted by Crippen LogP contribution is -2.50. The summed E-state index contributed by atoms with van der Waals surface area (Å²) in [5.74, 6) is 0.379. The van der Waals surface area contributed by atoms with E-state index >= 15 is 0 Å². The number of halogens is 6. The Morgan fingerprint density at radius 2 is 1.00 bits per heavy atom. The molecule has 3 unspecified atom stereocenters. The van der Waals surface area contributed by atoms with Gasteiger partial charge in [0.05, 0.1) is 61.3 Å². The van der Waals surface area contributed by atoms with Gasteiger partial charge in [-0.25, -0.2) is 4.57 Å². The number of phosphoric acid groups is 1. The van der Waals surface area contributed by atoms with Gasteiger partial charge in [0.1, 0.15) is 0 Å². The monoisotopic (exact) mass is 549 g/mol. The van der Waals surface area contributed by atoms with Gasteiger partial charge in [0.25, 0.3) is 0 Å². The Bertz CT molecular complexity index is 374. The fourth-order valence-corrected chi connectivity index (χ4v) is 2.94. The summed E-state index contributed by atoms with van der Waals surface area (Å²) in [5, 5.41) is 23.4. The van der Waals surface area contributed by atoms with E-state index in [0.29, 0.717) is 0 Å². The Hall–Kier alpha value is 1.69. The summed E-state index contributed by atoms with van der Waals surface area (Å²) in [6.45, 7) is -1.53. The van der Waals surface area contributed by atoms with Crippen LogP contribution in [0.4, 0.5) is 0 Å². The molecule has 0 bridgehead atoms. The van der Waals surface area contributed by atoms with E-state index in [2.05, 4.69) is 0 Å². The van der Waals surface area contributed by atoms with Gasteiger partial charge in [-0.2, -0.15) is 0 Å². The molecule has 0 aliphatic carbocycles. The molecule has 15 heteroatoms. The lowest BCUT2D eigenvalue weighted by Gasteiger charge is -2.20. The summed E-state index contributed by atoms with van der Waals surface area (Å²) in [5.41, 5.74) is 3.94. The number of aliphatic hydroxyl groups is 3. The van der Waals surface area contributed by atoms with Crippen LogP contribution in [-0.2, 0) is 18.1 Å². The molecule has 0 rings (SSSR count). The van der Waals surface area contributed by atoms with Crippen molar-refractivity contribution < 1.29 is 33.5 Å². The Balaban J connectivity index is 0. The Labute approximate surface area is 195 Å². The van der Waals surface area contributed by atoms with Crippen LogP contribution >= 0.6 is 77.4 Å². The summed E-state index contributed by atoms with van der Waals surface area (Å²) in [6.07, 6.45) is 0. The first-order chi connectivity index (χ1) is 13.0. The molecule has 0 radical (unpaired) electrons. The highest BCUT2D eigenvalue weighted by Gasteiger charge is 2.30. The third-order valence-corrected chi connectivity index (χ3v) is 6.52. The molecule has 0 spiro atoms. The van der Waals surface area contributed by atoms with E-state index in [-0.39, 0.29) is 37.5 Å². The molecule has 0 aliphatic heterocycles. The zero-order valence-corrected chi connectivity index (χ0v) is 20.3. The molecule has 0 aliphatic rings. The van der Waals surface area contributed by atoms with Crippen LogP contribution in [0, 0.1) is 0 Å². The molecule has 0 saturated heterocycles. The van der Waals surface area contributed by atoms with E-state index in [4.69, 9.17) is 104 Å². The minimum Gasteiger partial charge on any atom is -0.394 e. The average molecular weight is 552 g/mol. The first-order valence-electron chi connectivity index (χ1n) is 7.80. The standard InChI is InChI=1S/C9H15Cl6O4P.C4H11NO3/c10-1-7(13)4-17-20(16,18-5-8(14)2-11)19-6-9(15)3-12;5-4(1-6,2-7)3-8/h7-9H,1-6H2;6-8H,1-3,5H2. The van der Waals surface area contributed by atoms with Crippen molar-refractivity contribution in [2.75, 3.05) is 57.3 Å². The van der Waals surface area contributed by atoms with Crippen molar-refractivity contribution in [2.24, 2.45) is 5.73 Å². The number of hydrogen-bond acceptors (Lipinski definition) is 8. The highest BCUT2D eigenvalue weighted by atomic mass is 35.5. The van der Waals surface area contributed by atoms with Gasteiger partial charge in [-0.15, -0.1) is 69.6 Å². The maximum absolute atomic E-state index is 12.3. The molecule has 3 atom stereocenters. The van der Waals surface area contributed by atoms with E-state index in [9.17, 15) is 4.57 Å². The first kappa shape index (κ1) is 31.9. The van der Waals surface area contributed by atoms with Crippen LogP contribution in [-0.4, -0.2) is 94.3 Å². The third kappa shape index (κ3) is 16.4. The summed E-state index contributed by atoms with van der Waals surface area (Å²) in [7, 11) is -3.85. The largest absolute Gasteiger partial charge is 0.474 e. The van der Waals surface area contributed by atoms with E-state index in [1.165, 1.54) is 0 Å². The van der Waals surface area contributed by atoms with Crippen LogP contribution in [0.1, 0.15) is 0 Å².